The summed E-state index contributed by atoms with van der Waals surface area (Å²) in [6.07, 6.45) is -5.00. The average Bonchev–Trinajstić information content (AvgIpc) is 2.38. The summed E-state index contributed by atoms with van der Waals surface area (Å²) in [5, 5.41) is 9.67. The van der Waals surface area contributed by atoms with Crippen molar-refractivity contribution in [1.82, 2.24) is 0 Å². The number of halogens is 3. The van der Waals surface area contributed by atoms with Crippen LogP contribution in [0.4, 0.5) is 13.2 Å². The minimum atomic E-state index is -4.33. The zero-order valence-electron chi connectivity index (χ0n) is 10.3. The predicted molar refractivity (Wildman–Crippen MR) is 67.5 cm³/mol. The molecule has 19 heavy (non-hydrogen) atoms. The third kappa shape index (κ3) is 2.96. The Morgan fingerprint density at radius 3 is 2.05 bits per heavy atom. The molecular formula is C15H13F3O. The van der Waals surface area contributed by atoms with Gasteiger partial charge in [-0.25, -0.2) is 0 Å². The summed E-state index contributed by atoms with van der Waals surface area (Å²) in [5.41, 5.74) is 1.42. The van der Waals surface area contributed by atoms with Gasteiger partial charge >= 0.3 is 6.18 Å². The Kier molecular flexibility index (Phi) is 3.62. The molecule has 100 valence electrons. The average molecular weight is 266 g/mol. The third-order valence-corrected chi connectivity index (χ3v) is 2.93. The first-order valence-electron chi connectivity index (χ1n) is 5.84. The molecule has 0 radical (unpaired) electrons. The van der Waals surface area contributed by atoms with Crippen LogP contribution in [0.2, 0.25) is 0 Å². The maximum atomic E-state index is 12.5. The SMILES string of the molecule is CC(O)c1ccccc1-c1ccc(C(F)(F)F)cc1. The number of rotatable bonds is 2. The van der Waals surface area contributed by atoms with Crippen LogP contribution in [0.3, 0.4) is 0 Å². The van der Waals surface area contributed by atoms with Gasteiger partial charge in [-0.05, 0) is 35.7 Å². The van der Waals surface area contributed by atoms with Gasteiger partial charge in [0.15, 0.2) is 0 Å². The van der Waals surface area contributed by atoms with E-state index in [2.05, 4.69) is 0 Å². The van der Waals surface area contributed by atoms with Crippen LogP contribution in [0.25, 0.3) is 11.1 Å². The molecule has 1 N–H and O–H groups in total. The van der Waals surface area contributed by atoms with Crippen molar-refractivity contribution in [1.29, 1.82) is 0 Å². The topological polar surface area (TPSA) is 20.2 Å². The van der Waals surface area contributed by atoms with Gasteiger partial charge in [-0.2, -0.15) is 13.2 Å². The van der Waals surface area contributed by atoms with Crippen molar-refractivity contribution >= 4 is 0 Å². The highest BCUT2D eigenvalue weighted by Crippen LogP contribution is 2.33. The van der Waals surface area contributed by atoms with Crippen LogP contribution in [0, 0.1) is 0 Å². The molecule has 0 amide bonds. The van der Waals surface area contributed by atoms with E-state index in [1.165, 1.54) is 12.1 Å². The van der Waals surface area contributed by atoms with Crippen molar-refractivity contribution in [3.05, 3.63) is 59.7 Å². The number of alkyl halides is 3. The quantitative estimate of drug-likeness (QED) is 0.852. The van der Waals surface area contributed by atoms with Gasteiger partial charge in [0, 0.05) is 0 Å². The predicted octanol–water partition coefficient (Wildman–Crippen LogP) is 4.43. The Morgan fingerprint density at radius 1 is 0.947 bits per heavy atom. The van der Waals surface area contributed by atoms with E-state index < -0.39 is 17.8 Å². The molecule has 0 aromatic heterocycles. The standard InChI is InChI=1S/C15H13F3O/c1-10(19)13-4-2-3-5-14(13)11-6-8-12(9-7-11)15(16,17)18/h2-10,19H,1H3. The highest BCUT2D eigenvalue weighted by atomic mass is 19.4. The Balaban J connectivity index is 2.43. The van der Waals surface area contributed by atoms with Gasteiger partial charge in [0.2, 0.25) is 0 Å². The third-order valence-electron chi connectivity index (χ3n) is 2.93. The Morgan fingerprint density at radius 2 is 1.53 bits per heavy atom. The zero-order chi connectivity index (χ0) is 14.0. The maximum Gasteiger partial charge on any atom is 0.416 e. The maximum absolute atomic E-state index is 12.5. The van der Waals surface area contributed by atoms with Gasteiger partial charge in [-0.15, -0.1) is 0 Å². The lowest BCUT2D eigenvalue weighted by Crippen LogP contribution is -2.04. The molecule has 4 heteroatoms. The normalized spacial score (nSPS) is 13.3. The van der Waals surface area contributed by atoms with Gasteiger partial charge in [0.25, 0.3) is 0 Å². The molecule has 2 aromatic carbocycles. The monoisotopic (exact) mass is 266 g/mol. The van der Waals surface area contributed by atoms with Gasteiger partial charge in [-0.3, -0.25) is 0 Å². The van der Waals surface area contributed by atoms with Crippen LogP contribution >= 0.6 is 0 Å². The van der Waals surface area contributed by atoms with Gasteiger partial charge in [0.05, 0.1) is 11.7 Å². The van der Waals surface area contributed by atoms with E-state index in [-0.39, 0.29) is 0 Å². The number of benzene rings is 2. The van der Waals surface area contributed by atoms with Crippen LogP contribution in [0.15, 0.2) is 48.5 Å². The Labute approximate surface area is 109 Å². The summed E-state index contributed by atoms with van der Waals surface area (Å²) >= 11 is 0. The van der Waals surface area contributed by atoms with E-state index in [9.17, 15) is 18.3 Å². The second kappa shape index (κ2) is 5.05. The molecule has 0 aliphatic carbocycles. The molecule has 0 saturated carbocycles. The van der Waals surface area contributed by atoms with E-state index in [1.807, 2.05) is 0 Å². The minimum Gasteiger partial charge on any atom is -0.389 e. The molecule has 0 bridgehead atoms. The van der Waals surface area contributed by atoms with Crippen LogP contribution in [-0.2, 0) is 6.18 Å². The molecule has 1 unspecified atom stereocenters. The number of hydrogen-bond acceptors (Lipinski definition) is 1. The van der Waals surface area contributed by atoms with Crippen molar-refractivity contribution in [3.8, 4) is 11.1 Å². The van der Waals surface area contributed by atoms with E-state index >= 15 is 0 Å². The summed E-state index contributed by atoms with van der Waals surface area (Å²) < 4.78 is 37.5. The second-order valence-electron chi connectivity index (χ2n) is 4.34. The van der Waals surface area contributed by atoms with Crippen molar-refractivity contribution in [3.63, 3.8) is 0 Å². The van der Waals surface area contributed by atoms with Crippen LogP contribution < -0.4 is 0 Å². The van der Waals surface area contributed by atoms with E-state index in [0.29, 0.717) is 11.1 Å². The molecule has 2 rings (SSSR count). The molecule has 0 aliphatic rings. The minimum absolute atomic E-state index is 0.657. The molecule has 0 fully saturated rings. The fourth-order valence-corrected chi connectivity index (χ4v) is 1.96. The van der Waals surface area contributed by atoms with E-state index in [0.717, 1.165) is 17.7 Å². The van der Waals surface area contributed by atoms with E-state index in [1.54, 1.807) is 31.2 Å². The van der Waals surface area contributed by atoms with Crippen molar-refractivity contribution in [2.24, 2.45) is 0 Å². The van der Waals surface area contributed by atoms with Crippen LogP contribution in [-0.4, -0.2) is 5.11 Å². The summed E-state index contributed by atoms with van der Waals surface area (Å²) in [5.74, 6) is 0. The summed E-state index contributed by atoms with van der Waals surface area (Å²) in [6.45, 7) is 1.63. The molecule has 0 heterocycles. The Hall–Kier alpha value is -1.81. The van der Waals surface area contributed by atoms with Crippen molar-refractivity contribution in [2.45, 2.75) is 19.2 Å². The molecule has 0 saturated heterocycles. The second-order valence-corrected chi connectivity index (χ2v) is 4.34. The smallest absolute Gasteiger partial charge is 0.389 e. The molecule has 2 aromatic rings. The van der Waals surface area contributed by atoms with Gasteiger partial charge < -0.3 is 5.11 Å². The van der Waals surface area contributed by atoms with Crippen LogP contribution in [0.1, 0.15) is 24.2 Å². The molecular weight excluding hydrogens is 253 g/mol. The van der Waals surface area contributed by atoms with Crippen molar-refractivity contribution < 1.29 is 18.3 Å². The largest absolute Gasteiger partial charge is 0.416 e. The fourth-order valence-electron chi connectivity index (χ4n) is 1.96. The number of hydrogen-bond donors (Lipinski definition) is 1. The van der Waals surface area contributed by atoms with Gasteiger partial charge in [-0.1, -0.05) is 36.4 Å². The molecule has 0 spiro atoms. The zero-order valence-corrected chi connectivity index (χ0v) is 10.3. The molecule has 0 aliphatic heterocycles. The number of aliphatic hydroxyl groups is 1. The summed E-state index contributed by atoms with van der Waals surface area (Å²) in [6, 6.07) is 12.1. The van der Waals surface area contributed by atoms with E-state index in [4.69, 9.17) is 0 Å². The molecule has 1 atom stereocenters. The fraction of sp³-hybridized carbons (Fsp3) is 0.200. The number of aliphatic hydroxyl groups excluding tert-OH is 1. The lowest BCUT2D eigenvalue weighted by molar-refractivity contribution is -0.137. The first kappa shape index (κ1) is 13.6. The van der Waals surface area contributed by atoms with Gasteiger partial charge in [0.1, 0.15) is 0 Å². The Bertz CT molecular complexity index is 556. The first-order chi connectivity index (χ1) is 8.89. The summed E-state index contributed by atoms with van der Waals surface area (Å²) in [4.78, 5) is 0. The van der Waals surface area contributed by atoms with Crippen LogP contribution in [0.5, 0.6) is 0 Å². The lowest BCUT2D eigenvalue weighted by atomic mass is 9.96. The summed E-state index contributed by atoms with van der Waals surface area (Å²) in [7, 11) is 0. The van der Waals surface area contributed by atoms with Crippen molar-refractivity contribution in [2.75, 3.05) is 0 Å². The highest BCUT2D eigenvalue weighted by molar-refractivity contribution is 5.68. The highest BCUT2D eigenvalue weighted by Gasteiger charge is 2.30. The molecule has 1 nitrogen and oxygen atoms in total. The lowest BCUT2D eigenvalue weighted by Gasteiger charge is -2.13. The first-order valence-corrected chi connectivity index (χ1v) is 5.84.